The molecule has 0 saturated heterocycles. The number of hydrogen-bond donors (Lipinski definition) is 1. The highest BCUT2D eigenvalue weighted by Crippen LogP contribution is 2.28. The van der Waals surface area contributed by atoms with E-state index in [4.69, 9.17) is 0 Å². The number of tetrazole rings is 1. The lowest BCUT2D eigenvalue weighted by molar-refractivity contribution is -0.384. The summed E-state index contributed by atoms with van der Waals surface area (Å²) in [5.74, 6) is -0.366. The van der Waals surface area contributed by atoms with Gasteiger partial charge in [0.25, 0.3) is 5.69 Å². The SMILES string of the molecule is Cc1ccc(C)c(-n2nnnc2SCC(=O)Nc2c(C)cccc2[N+](=O)[O-])c1. The van der Waals surface area contributed by atoms with Crippen LogP contribution >= 0.6 is 11.8 Å². The van der Waals surface area contributed by atoms with E-state index in [1.54, 1.807) is 23.7 Å². The number of aryl methyl sites for hydroxylation is 3. The first-order valence-corrected chi connectivity index (χ1v) is 9.38. The summed E-state index contributed by atoms with van der Waals surface area (Å²) in [4.78, 5) is 23.0. The van der Waals surface area contributed by atoms with Crippen LogP contribution in [-0.2, 0) is 4.79 Å². The standard InChI is InChI=1S/C18H18N6O3S/c1-11-7-8-12(2)15(9-11)23-18(20-21-22-23)28-10-16(25)19-17-13(3)5-4-6-14(17)24(26)27/h4-9H,10H2,1-3H3,(H,19,25). The Morgan fingerprint density at radius 1 is 1.21 bits per heavy atom. The van der Waals surface area contributed by atoms with Gasteiger partial charge in [-0.1, -0.05) is 36.0 Å². The fourth-order valence-corrected chi connectivity index (χ4v) is 3.32. The summed E-state index contributed by atoms with van der Waals surface area (Å²) < 4.78 is 1.58. The first-order valence-electron chi connectivity index (χ1n) is 8.39. The Balaban J connectivity index is 1.75. The number of anilines is 1. The van der Waals surface area contributed by atoms with Gasteiger partial charge in [-0.25, -0.2) is 0 Å². The van der Waals surface area contributed by atoms with Crippen LogP contribution in [0.1, 0.15) is 16.7 Å². The second kappa shape index (κ2) is 8.17. The van der Waals surface area contributed by atoms with Crippen LogP contribution in [0.25, 0.3) is 5.69 Å². The van der Waals surface area contributed by atoms with Crippen LogP contribution in [-0.4, -0.2) is 36.8 Å². The monoisotopic (exact) mass is 398 g/mol. The van der Waals surface area contributed by atoms with Gasteiger partial charge in [-0.2, -0.15) is 4.68 Å². The minimum Gasteiger partial charge on any atom is -0.319 e. The zero-order valence-electron chi connectivity index (χ0n) is 15.5. The average Bonchev–Trinajstić information content (AvgIpc) is 3.12. The average molecular weight is 398 g/mol. The van der Waals surface area contributed by atoms with Crippen LogP contribution in [0.4, 0.5) is 11.4 Å². The van der Waals surface area contributed by atoms with Gasteiger partial charge >= 0.3 is 0 Å². The number of nitro benzene ring substituents is 1. The summed E-state index contributed by atoms with van der Waals surface area (Å²) >= 11 is 1.16. The highest BCUT2D eigenvalue weighted by atomic mass is 32.2. The lowest BCUT2D eigenvalue weighted by Gasteiger charge is -2.10. The molecule has 0 aliphatic carbocycles. The molecule has 1 N–H and O–H groups in total. The second-order valence-corrected chi connectivity index (χ2v) is 7.17. The normalized spacial score (nSPS) is 10.7. The summed E-state index contributed by atoms with van der Waals surface area (Å²) in [6.45, 7) is 5.63. The summed E-state index contributed by atoms with van der Waals surface area (Å²) in [5, 5.41) is 26.0. The number of nitrogens with zero attached hydrogens (tertiary/aromatic N) is 5. The third-order valence-corrected chi connectivity index (χ3v) is 5.00. The van der Waals surface area contributed by atoms with E-state index in [0.717, 1.165) is 28.6 Å². The van der Waals surface area contributed by atoms with E-state index in [-0.39, 0.29) is 23.0 Å². The molecule has 0 spiro atoms. The lowest BCUT2D eigenvalue weighted by Crippen LogP contribution is -2.16. The molecular weight excluding hydrogens is 380 g/mol. The van der Waals surface area contributed by atoms with Gasteiger partial charge in [0.15, 0.2) is 0 Å². The molecule has 2 aromatic carbocycles. The van der Waals surface area contributed by atoms with Crippen LogP contribution in [0, 0.1) is 30.9 Å². The molecule has 0 atom stereocenters. The molecule has 0 fully saturated rings. The Morgan fingerprint density at radius 2 is 2.00 bits per heavy atom. The van der Waals surface area contributed by atoms with Crippen LogP contribution < -0.4 is 5.32 Å². The molecule has 0 aliphatic rings. The molecule has 0 unspecified atom stereocenters. The minimum absolute atomic E-state index is 0.0106. The van der Waals surface area contributed by atoms with Crippen LogP contribution in [0.2, 0.25) is 0 Å². The van der Waals surface area contributed by atoms with Crippen molar-refractivity contribution in [1.29, 1.82) is 0 Å². The maximum atomic E-state index is 12.4. The molecule has 0 saturated carbocycles. The predicted octanol–water partition coefficient (Wildman–Crippen LogP) is 3.23. The molecule has 144 valence electrons. The Morgan fingerprint density at radius 3 is 2.75 bits per heavy atom. The maximum absolute atomic E-state index is 12.4. The van der Waals surface area contributed by atoms with Gasteiger partial charge in [0, 0.05) is 6.07 Å². The number of para-hydroxylation sites is 1. The molecule has 28 heavy (non-hydrogen) atoms. The number of thioether (sulfide) groups is 1. The second-order valence-electron chi connectivity index (χ2n) is 6.23. The number of carbonyl (C=O) groups excluding carboxylic acids is 1. The maximum Gasteiger partial charge on any atom is 0.293 e. The van der Waals surface area contributed by atoms with Gasteiger partial charge in [-0.05, 0) is 54.0 Å². The lowest BCUT2D eigenvalue weighted by atomic mass is 10.1. The molecule has 1 heterocycles. The first kappa shape index (κ1) is 19.5. The number of amides is 1. The molecule has 0 bridgehead atoms. The number of aromatic nitrogens is 4. The number of nitrogens with one attached hydrogen (secondary N) is 1. The van der Waals surface area contributed by atoms with Gasteiger partial charge in [0.05, 0.1) is 16.4 Å². The van der Waals surface area contributed by atoms with Crippen molar-refractivity contribution < 1.29 is 9.72 Å². The van der Waals surface area contributed by atoms with E-state index < -0.39 is 4.92 Å². The van der Waals surface area contributed by atoms with Gasteiger partial charge in [-0.15, -0.1) is 5.10 Å². The Labute approximate surface area is 165 Å². The van der Waals surface area contributed by atoms with E-state index in [9.17, 15) is 14.9 Å². The fraction of sp³-hybridized carbons (Fsp3) is 0.222. The molecule has 1 aromatic heterocycles. The molecular formula is C18H18N6O3S. The van der Waals surface area contributed by atoms with Crippen LogP contribution in [0.5, 0.6) is 0 Å². The van der Waals surface area contributed by atoms with Crippen molar-refractivity contribution >= 4 is 29.0 Å². The number of benzene rings is 2. The Kier molecular flexibility index (Phi) is 5.69. The van der Waals surface area contributed by atoms with Crippen LogP contribution in [0.15, 0.2) is 41.6 Å². The minimum atomic E-state index is -0.517. The van der Waals surface area contributed by atoms with E-state index in [1.165, 1.54) is 6.07 Å². The smallest absolute Gasteiger partial charge is 0.293 e. The van der Waals surface area contributed by atoms with Crippen molar-refractivity contribution in [2.24, 2.45) is 0 Å². The number of hydrogen-bond acceptors (Lipinski definition) is 7. The number of carbonyl (C=O) groups is 1. The molecule has 9 nitrogen and oxygen atoms in total. The third-order valence-electron chi connectivity index (χ3n) is 4.08. The first-order chi connectivity index (χ1) is 13.4. The van der Waals surface area contributed by atoms with Crippen molar-refractivity contribution in [1.82, 2.24) is 20.2 Å². The molecule has 10 heteroatoms. The molecule has 0 aliphatic heterocycles. The van der Waals surface area contributed by atoms with Crippen molar-refractivity contribution in [2.75, 3.05) is 11.1 Å². The van der Waals surface area contributed by atoms with Crippen LogP contribution in [0.3, 0.4) is 0 Å². The summed E-state index contributed by atoms with van der Waals surface area (Å²) in [6.07, 6.45) is 0. The molecule has 0 radical (unpaired) electrons. The quantitative estimate of drug-likeness (QED) is 0.385. The van der Waals surface area contributed by atoms with Crippen molar-refractivity contribution in [2.45, 2.75) is 25.9 Å². The van der Waals surface area contributed by atoms with E-state index in [2.05, 4.69) is 20.8 Å². The summed E-state index contributed by atoms with van der Waals surface area (Å²) in [5.41, 5.74) is 3.58. The van der Waals surface area contributed by atoms with Crippen molar-refractivity contribution in [3.8, 4) is 5.69 Å². The largest absolute Gasteiger partial charge is 0.319 e. The Hall–Kier alpha value is -3.27. The van der Waals surface area contributed by atoms with E-state index in [0.29, 0.717) is 10.7 Å². The van der Waals surface area contributed by atoms with Gasteiger partial charge in [0.1, 0.15) is 5.69 Å². The highest BCUT2D eigenvalue weighted by Gasteiger charge is 2.19. The third kappa shape index (κ3) is 4.17. The molecule has 3 aromatic rings. The highest BCUT2D eigenvalue weighted by molar-refractivity contribution is 7.99. The molecule has 3 rings (SSSR count). The molecule has 1 amide bonds. The summed E-state index contributed by atoms with van der Waals surface area (Å²) in [7, 11) is 0. The number of rotatable bonds is 6. The van der Waals surface area contributed by atoms with E-state index in [1.807, 2.05) is 32.0 Å². The number of nitro groups is 1. The fourth-order valence-electron chi connectivity index (χ4n) is 2.64. The topological polar surface area (TPSA) is 116 Å². The van der Waals surface area contributed by atoms with Crippen molar-refractivity contribution in [3.63, 3.8) is 0 Å². The summed E-state index contributed by atoms with van der Waals surface area (Å²) in [6, 6.07) is 10.6. The Bertz CT molecular complexity index is 1050. The van der Waals surface area contributed by atoms with E-state index >= 15 is 0 Å². The van der Waals surface area contributed by atoms with Crippen molar-refractivity contribution in [3.05, 3.63) is 63.2 Å². The van der Waals surface area contributed by atoms with Gasteiger partial charge in [0.2, 0.25) is 11.1 Å². The van der Waals surface area contributed by atoms with Gasteiger partial charge in [-0.3, -0.25) is 14.9 Å². The predicted molar refractivity (Wildman–Crippen MR) is 106 cm³/mol. The van der Waals surface area contributed by atoms with Gasteiger partial charge < -0.3 is 5.32 Å². The zero-order chi connectivity index (χ0) is 20.3. The zero-order valence-corrected chi connectivity index (χ0v) is 16.4.